The smallest absolute Gasteiger partial charge is 0.251 e. The molecule has 0 aromatic heterocycles. The van der Waals surface area contributed by atoms with Crippen molar-refractivity contribution in [1.29, 1.82) is 0 Å². The quantitative estimate of drug-likeness (QED) is 0.256. The van der Waals surface area contributed by atoms with Crippen molar-refractivity contribution < 1.29 is 0 Å². The minimum Gasteiger partial charge on any atom is -0.336 e. The second-order valence-electron chi connectivity index (χ2n) is 14.9. The molecule has 11 rings (SSSR count). The van der Waals surface area contributed by atoms with E-state index in [1.165, 1.54) is 66.8 Å². The summed E-state index contributed by atoms with van der Waals surface area (Å²) in [5.74, 6) is 2.74. The van der Waals surface area contributed by atoms with Crippen LogP contribution in [0.1, 0.15) is 44.1 Å². The molecule has 0 spiro atoms. The highest BCUT2D eigenvalue weighted by Crippen LogP contribution is 2.60. The number of rotatable bonds is 2. The van der Waals surface area contributed by atoms with Gasteiger partial charge in [-0.25, -0.2) is 0 Å². The molecule has 4 bridgehead atoms. The van der Waals surface area contributed by atoms with Crippen LogP contribution in [0.15, 0.2) is 78.9 Å². The van der Waals surface area contributed by atoms with Gasteiger partial charge in [-0.3, -0.25) is 0 Å². The molecule has 4 aromatic carbocycles. The zero-order chi connectivity index (χ0) is 27.2. The monoisotopic (exact) mass is 548 g/mol. The Morgan fingerprint density at radius 3 is 1.90 bits per heavy atom. The molecular weight excluding hydrogens is 511 g/mol. The van der Waals surface area contributed by atoms with Crippen molar-refractivity contribution in [1.82, 2.24) is 0 Å². The van der Waals surface area contributed by atoms with Crippen LogP contribution in [0, 0.1) is 24.7 Å². The zero-order valence-electron chi connectivity index (χ0n) is 24.5. The second kappa shape index (κ2) is 7.58. The highest BCUT2D eigenvalue weighted by Gasteiger charge is 2.58. The Kier molecular flexibility index (Phi) is 4.31. The fourth-order valence-electron chi connectivity index (χ4n) is 11.2. The topological polar surface area (TPSA) is 6.48 Å². The predicted octanol–water partition coefficient (Wildman–Crippen LogP) is 5.85. The van der Waals surface area contributed by atoms with Gasteiger partial charge in [-0.1, -0.05) is 65.9 Å². The molecule has 3 heterocycles. The average Bonchev–Trinajstić information content (AvgIpc) is 2.95. The maximum atomic E-state index is 2.98. The lowest BCUT2D eigenvalue weighted by atomic mass is 9.33. The summed E-state index contributed by atoms with van der Waals surface area (Å²) >= 11 is 0. The number of para-hydroxylation sites is 1. The van der Waals surface area contributed by atoms with E-state index < -0.39 is 8.07 Å². The molecule has 3 aliphatic heterocycles. The Hall–Kier alpha value is -3.24. The molecule has 4 aromatic rings. The Morgan fingerprint density at radius 1 is 0.659 bits per heavy atom. The Labute approximate surface area is 245 Å². The van der Waals surface area contributed by atoms with Crippen molar-refractivity contribution in [2.45, 2.75) is 64.1 Å². The van der Waals surface area contributed by atoms with Gasteiger partial charge in [-0.05, 0) is 122 Å². The summed E-state index contributed by atoms with van der Waals surface area (Å²) < 4.78 is 0. The number of hydrogen-bond donors (Lipinski definition) is 0. The molecule has 4 fully saturated rings. The molecule has 4 saturated carbocycles. The highest BCUT2D eigenvalue weighted by atomic mass is 28.3. The van der Waals surface area contributed by atoms with Crippen LogP contribution in [0.5, 0.6) is 0 Å². The van der Waals surface area contributed by atoms with Crippen molar-refractivity contribution in [3.8, 4) is 0 Å². The second-order valence-corrected chi connectivity index (χ2v) is 19.2. The van der Waals surface area contributed by atoms with Crippen LogP contribution in [0.2, 0.25) is 13.1 Å². The van der Waals surface area contributed by atoms with Crippen LogP contribution in [0.25, 0.3) is 0 Å². The maximum absolute atomic E-state index is 2.98. The largest absolute Gasteiger partial charge is 0.336 e. The molecule has 0 amide bonds. The molecule has 0 atom stereocenters. The first-order valence-electron chi connectivity index (χ1n) is 16.0. The summed E-state index contributed by atoms with van der Waals surface area (Å²) in [7, 11) is -1.92. The minimum atomic E-state index is -1.92. The normalized spacial score (nSPS) is 28.7. The number of aryl methyl sites for hydroxylation is 1. The predicted molar refractivity (Wildman–Crippen MR) is 177 cm³/mol. The number of benzene rings is 4. The Balaban J connectivity index is 1.34. The Bertz CT molecular complexity index is 1760. The van der Waals surface area contributed by atoms with Gasteiger partial charge in [0.2, 0.25) is 0 Å². The summed E-state index contributed by atoms with van der Waals surface area (Å²) in [6.45, 7) is 7.86. The van der Waals surface area contributed by atoms with Crippen LogP contribution in [-0.2, 0) is 0 Å². The van der Waals surface area contributed by atoms with Gasteiger partial charge in [0.05, 0.1) is 0 Å². The van der Waals surface area contributed by atoms with Crippen molar-refractivity contribution in [3.63, 3.8) is 0 Å². The maximum Gasteiger partial charge on any atom is 0.251 e. The van der Waals surface area contributed by atoms with Crippen molar-refractivity contribution >= 4 is 70.0 Å². The standard InChI is InChI=1S/C37H37BN2Si/c1-23-15-30-34-31(16-23)40(37-20-24-17-25(21-37)19-26(18-24)22-37)29-12-8-14-33-36(29)38(34)35-28(11-7-13-32(35)41(33,2)3)39(30)27-9-5-4-6-10-27/h4-16,24-26H,17-22H2,1-3H3. The molecule has 0 unspecified atom stereocenters. The van der Waals surface area contributed by atoms with Crippen LogP contribution in [0.4, 0.5) is 28.4 Å². The van der Waals surface area contributed by atoms with Crippen LogP contribution < -0.4 is 36.6 Å². The van der Waals surface area contributed by atoms with Crippen LogP contribution >= 0.6 is 0 Å². The molecule has 0 N–H and O–H groups in total. The first kappa shape index (κ1) is 23.3. The van der Waals surface area contributed by atoms with Crippen LogP contribution in [-0.4, -0.2) is 20.3 Å². The lowest BCUT2D eigenvalue weighted by Crippen LogP contribution is -2.80. The van der Waals surface area contributed by atoms with Gasteiger partial charge in [0.25, 0.3) is 6.71 Å². The number of nitrogens with zero attached hydrogens (tertiary/aromatic N) is 2. The van der Waals surface area contributed by atoms with Crippen LogP contribution in [0.3, 0.4) is 0 Å². The van der Waals surface area contributed by atoms with E-state index >= 15 is 0 Å². The molecule has 202 valence electrons. The molecule has 0 radical (unpaired) electrons. The van der Waals surface area contributed by atoms with E-state index in [0.29, 0.717) is 6.71 Å². The molecule has 41 heavy (non-hydrogen) atoms. The van der Waals surface area contributed by atoms with E-state index in [2.05, 4.69) is 109 Å². The third kappa shape index (κ3) is 2.81. The van der Waals surface area contributed by atoms with E-state index in [-0.39, 0.29) is 5.54 Å². The van der Waals surface area contributed by atoms with Crippen molar-refractivity contribution in [2.24, 2.45) is 17.8 Å². The van der Waals surface area contributed by atoms with Gasteiger partial charge >= 0.3 is 0 Å². The van der Waals surface area contributed by atoms with E-state index in [1.807, 2.05) is 0 Å². The SMILES string of the molecule is Cc1cc2c3c(c1)N(C14CC5CC(CC(C5)C1)C4)c1cccc4c1B3c1c(cccc1[Si]4(C)C)N2c1ccccc1. The molecule has 4 heteroatoms. The first-order valence-corrected chi connectivity index (χ1v) is 19.0. The molecule has 0 saturated heterocycles. The van der Waals surface area contributed by atoms with Gasteiger partial charge in [0, 0.05) is 34.0 Å². The van der Waals surface area contributed by atoms with Crippen molar-refractivity contribution in [3.05, 3.63) is 84.4 Å². The van der Waals surface area contributed by atoms with E-state index in [4.69, 9.17) is 0 Å². The summed E-state index contributed by atoms with van der Waals surface area (Å²) in [4.78, 5) is 5.59. The van der Waals surface area contributed by atoms with E-state index in [9.17, 15) is 0 Å². The minimum absolute atomic E-state index is 0.261. The Morgan fingerprint density at radius 2 is 1.24 bits per heavy atom. The summed E-state index contributed by atoms with van der Waals surface area (Å²) in [5, 5.41) is 3.30. The number of hydrogen-bond acceptors (Lipinski definition) is 2. The lowest BCUT2D eigenvalue weighted by Gasteiger charge is -2.63. The van der Waals surface area contributed by atoms with Gasteiger partial charge in [0.15, 0.2) is 0 Å². The van der Waals surface area contributed by atoms with Gasteiger partial charge < -0.3 is 9.80 Å². The van der Waals surface area contributed by atoms with Gasteiger partial charge in [-0.2, -0.15) is 0 Å². The molecular formula is C37H37BN2Si. The molecule has 2 nitrogen and oxygen atoms in total. The average molecular weight is 549 g/mol. The fourth-order valence-corrected chi connectivity index (χ4v) is 14.4. The molecule has 4 aliphatic carbocycles. The fraction of sp³-hybridized carbons (Fsp3) is 0.351. The highest BCUT2D eigenvalue weighted by molar-refractivity contribution is 7.16. The first-order chi connectivity index (χ1) is 19.9. The summed E-state index contributed by atoms with van der Waals surface area (Å²) in [6, 6.07) is 30.9. The lowest BCUT2D eigenvalue weighted by molar-refractivity contribution is 0.000640. The third-order valence-corrected chi connectivity index (χ3v) is 15.7. The van der Waals surface area contributed by atoms with Gasteiger partial charge in [0.1, 0.15) is 8.07 Å². The van der Waals surface area contributed by atoms with E-state index in [1.54, 1.807) is 32.4 Å². The summed E-state index contributed by atoms with van der Waals surface area (Å²) in [6.07, 6.45) is 8.57. The number of anilines is 5. The van der Waals surface area contributed by atoms with Crippen molar-refractivity contribution in [2.75, 3.05) is 9.80 Å². The van der Waals surface area contributed by atoms with Gasteiger partial charge in [-0.15, -0.1) is 0 Å². The molecule has 7 aliphatic rings. The third-order valence-electron chi connectivity index (χ3n) is 12.1. The zero-order valence-corrected chi connectivity index (χ0v) is 25.5. The van der Waals surface area contributed by atoms with E-state index in [0.717, 1.165) is 17.8 Å². The summed E-state index contributed by atoms with van der Waals surface area (Å²) in [5.41, 5.74) is 13.6.